The fourth-order valence-electron chi connectivity index (χ4n) is 3.47. The van der Waals surface area contributed by atoms with Crippen molar-refractivity contribution in [1.82, 2.24) is 0 Å². The van der Waals surface area contributed by atoms with Gasteiger partial charge in [-0.3, -0.25) is 0 Å². The number of ether oxygens (including phenoxy) is 1. The Balaban J connectivity index is 2.17. The van der Waals surface area contributed by atoms with Crippen molar-refractivity contribution < 1.29 is 14.6 Å². The first-order valence-electron chi connectivity index (χ1n) is 7.26. The van der Waals surface area contributed by atoms with E-state index < -0.39 is 0 Å². The van der Waals surface area contributed by atoms with Gasteiger partial charge in [0.05, 0.1) is 12.7 Å². The number of carbonyl (C=O) groups is 1. The van der Waals surface area contributed by atoms with Crippen LogP contribution in [0, 0.1) is 11.8 Å². The van der Waals surface area contributed by atoms with E-state index in [-0.39, 0.29) is 23.9 Å². The van der Waals surface area contributed by atoms with Gasteiger partial charge in [0, 0.05) is 11.5 Å². The number of carbonyl (C=O) groups excluding carboxylic acids is 1. The minimum absolute atomic E-state index is 0.220. The van der Waals surface area contributed by atoms with Gasteiger partial charge in [-0.25, -0.2) is 4.79 Å². The monoisotopic (exact) mass is 264 g/mol. The lowest BCUT2D eigenvalue weighted by Crippen LogP contribution is -2.27. The second-order valence-electron chi connectivity index (χ2n) is 5.71. The maximum atomic E-state index is 11.7. The van der Waals surface area contributed by atoms with E-state index in [0.717, 1.165) is 25.7 Å². The molecule has 0 unspecified atom stereocenters. The lowest BCUT2D eigenvalue weighted by molar-refractivity contribution is -0.138. The van der Waals surface area contributed by atoms with Crippen LogP contribution < -0.4 is 0 Å². The van der Waals surface area contributed by atoms with Gasteiger partial charge in [-0.15, -0.1) is 0 Å². The predicted octanol–water partition coefficient (Wildman–Crippen LogP) is 2.99. The Hall–Kier alpha value is -1.09. The standard InChI is InChI=1S/C16H24O3/c1-4-19-16(18)11(3)9-12-6-5-10(2)13-7-8-14(17)15(12)13/h9,12,14-15,17H,4-8H2,1-3H3/t12-,14-,15+/m0/s1. The molecule has 19 heavy (non-hydrogen) atoms. The molecule has 3 heteroatoms. The molecule has 0 amide bonds. The molecule has 0 radical (unpaired) electrons. The molecule has 0 aliphatic heterocycles. The normalized spacial score (nSPS) is 31.4. The van der Waals surface area contributed by atoms with E-state index >= 15 is 0 Å². The molecule has 1 saturated carbocycles. The third kappa shape index (κ3) is 2.92. The van der Waals surface area contributed by atoms with Crippen LogP contribution in [-0.2, 0) is 9.53 Å². The van der Waals surface area contributed by atoms with Gasteiger partial charge in [-0.2, -0.15) is 0 Å². The number of aliphatic hydroxyl groups is 1. The molecular formula is C16H24O3. The van der Waals surface area contributed by atoms with Gasteiger partial charge in [0.1, 0.15) is 0 Å². The van der Waals surface area contributed by atoms with Crippen LogP contribution in [0.15, 0.2) is 22.8 Å². The largest absolute Gasteiger partial charge is 0.463 e. The first kappa shape index (κ1) is 14.3. The zero-order chi connectivity index (χ0) is 14.0. The summed E-state index contributed by atoms with van der Waals surface area (Å²) in [6.45, 7) is 6.21. The number of aliphatic hydroxyl groups excluding tert-OH is 1. The van der Waals surface area contributed by atoms with E-state index in [1.54, 1.807) is 0 Å². The zero-order valence-corrected chi connectivity index (χ0v) is 12.1. The molecule has 2 aliphatic carbocycles. The van der Waals surface area contributed by atoms with Crippen molar-refractivity contribution >= 4 is 5.97 Å². The van der Waals surface area contributed by atoms with Gasteiger partial charge < -0.3 is 9.84 Å². The minimum atomic E-state index is -0.249. The third-order valence-electron chi connectivity index (χ3n) is 4.45. The Morgan fingerprint density at radius 2 is 2.16 bits per heavy atom. The molecule has 0 aromatic rings. The molecule has 1 N–H and O–H groups in total. The van der Waals surface area contributed by atoms with E-state index in [2.05, 4.69) is 6.92 Å². The molecule has 2 rings (SSSR count). The smallest absolute Gasteiger partial charge is 0.333 e. The van der Waals surface area contributed by atoms with Gasteiger partial charge in [0.25, 0.3) is 0 Å². The van der Waals surface area contributed by atoms with Crippen LogP contribution in [-0.4, -0.2) is 23.8 Å². The summed E-state index contributed by atoms with van der Waals surface area (Å²) in [6, 6.07) is 0. The van der Waals surface area contributed by atoms with Gasteiger partial charge in [-0.05, 0) is 52.4 Å². The summed E-state index contributed by atoms with van der Waals surface area (Å²) in [6.07, 6.45) is 5.75. The van der Waals surface area contributed by atoms with Crippen molar-refractivity contribution in [2.45, 2.75) is 52.6 Å². The van der Waals surface area contributed by atoms with Crippen molar-refractivity contribution in [3.05, 3.63) is 22.8 Å². The minimum Gasteiger partial charge on any atom is -0.463 e. The number of esters is 1. The molecule has 0 heterocycles. The summed E-state index contributed by atoms with van der Waals surface area (Å²) in [5.74, 6) is 0.265. The Kier molecular flexibility index (Phi) is 4.46. The highest BCUT2D eigenvalue weighted by molar-refractivity contribution is 5.87. The Morgan fingerprint density at radius 1 is 1.42 bits per heavy atom. The average molecular weight is 264 g/mol. The molecule has 0 aromatic carbocycles. The van der Waals surface area contributed by atoms with Gasteiger partial charge in [0.2, 0.25) is 0 Å². The van der Waals surface area contributed by atoms with E-state index in [1.165, 1.54) is 11.1 Å². The maximum absolute atomic E-state index is 11.7. The first-order valence-corrected chi connectivity index (χ1v) is 7.26. The van der Waals surface area contributed by atoms with Crippen LogP contribution in [0.2, 0.25) is 0 Å². The van der Waals surface area contributed by atoms with Crippen molar-refractivity contribution in [3.8, 4) is 0 Å². The second-order valence-corrected chi connectivity index (χ2v) is 5.71. The molecule has 0 bridgehead atoms. The lowest BCUT2D eigenvalue weighted by Gasteiger charge is -2.31. The summed E-state index contributed by atoms with van der Waals surface area (Å²) in [4.78, 5) is 11.7. The summed E-state index contributed by atoms with van der Waals surface area (Å²) in [5.41, 5.74) is 3.54. The van der Waals surface area contributed by atoms with Crippen LogP contribution in [0.4, 0.5) is 0 Å². The third-order valence-corrected chi connectivity index (χ3v) is 4.45. The number of rotatable bonds is 3. The topological polar surface area (TPSA) is 46.5 Å². The highest BCUT2D eigenvalue weighted by Crippen LogP contribution is 2.45. The van der Waals surface area contributed by atoms with Crippen LogP contribution >= 0.6 is 0 Å². The molecular weight excluding hydrogens is 240 g/mol. The molecule has 0 saturated heterocycles. The maximum Gasteiger partial charge on any atom is 0.333 e. The molecule has 3 atom stereocenters. The van der Waals surface area contributed by atoms with Crippen molar-refractivity contribution in [2.75, 3.05) is 6.61 Å². The van der Waals surface area contributed by atoms with Crippen LogP contribution in [0.3, 0.4) is 0 Å². The van der Waals surface area contributed by atoms with Gasteiger partial charge in [-0.1, -0.05) is 17.2 Å². The summed E-state index contributed by atoms with van der Waals surface area (Å²) >= 11 is 0. The highest BCUT2D eigenvalue weighted by atomic mass is 16.5. The Morgan fingerprint density at radius 3 is 2.84 bits per heavy atom. The van der Waals surface area contributed by atoms with Gasteiger partial charge >= 0.3 is 5.97 Å². The fourth-order valence-corrected chi connectivity index (χ4v) is 3.47. The molecule has 0 spiro atoms. The zero-order valence-electron chi connectivity index (χ0n) is 12.1. The number of hydrogen-bond acceptors (Lipinski definition) is 3. The first-order chi connectivity index (χ1) is 9.04. The Labute approximate surface area is 115 Å². The molecule has 0 aromatic heterocycles. The fraction of sp³-hybridized carbons (Fsp3) is 0.688. The van der Waals surface area contributed by atoms with Gasteiger partial charge in [0.15, 0.2) is 0 Å². The van der Waals surface area contributed by atoms with Crippen molar-refractivity contribution in [2.24, 2.45) is 11.8 Å². The second kappa shape index (κ2) is 5.91. The van der Waals surface area contributed by atoms with Crippen LogP contribution in [0.1, 0.15) is 46.5 Å². The summed E-state index contributed by atoms with van der Waals surface area (Å²) in [5, 5.41) is 10.2. The summed E-state index contributed by atoms with van der Waals surface area (Å²) in [7, 11) is 0. The molecule has 2 aliphatic rings. The van der Waals surface area contributed by atoms with E-state index in [0.29, 0.717) is 12.2 Å². The SMILES string of the molecule is CCOC(=O)C(C)=C[C@@H]1CCC(C)=C2CC[C@H](O)[C@@H]21. The lowest BCUT2D eigenvalue weighted by atomic mass is 9.75. The predicted molar refractivity (Wildman–Crippen MR) is 74.5 cm³/mol. The van der Waals surface area contributed by atoms with E-state index in [4.69, 9.17) is 4.74 Å². The number of allylic oxidation sites excluding steroid dienone is 2. The van der Waals surface area contributed by atoms with Crippen molar-refractivity contribution in [1.29, 1.82) is 0 Å². The average Bonchev–Trinajstić information content (AvgIpc) is 2.76. The molecule has 106 valence electrons. The van der Waals surface area contributed by atoms with E-state index in [1.807, 2.05) is 19.9 Å². The number of fused-ring (bicyclic) bond motifs is 1. The van der Waals surface area contributed by atoms with Crippen LogP contribution in [0.25, 0.3) is 0 Å². The molecule has 1 fully saturated rings. The Bertz CT molecular complexity index is 420. The molecule has 3 nitrogen and oxygen atoms in total. The van der Waals surface area contributed by atoms with Crippen LogP contribution in [0.5, 0.6) is 0 Å². The van der Waals surface area contributed by atoms with Crippen molar-refractivity contribution in [3.63, 3.8) is 0 Å². The quantitative estimate of drug-likeness (QED) is 0.484. The number of hydrogen-bond donors (Lipinski definition) is 1. The summed E-state index contributed by atoms with van der Waals surface area (Å²) < 4.78 is 5.02. The highest BCUT2D eigenvalue weighted by Gasteiger charge is 2.38. The van der Waals surface area contributed by atoms with E-state index in [9.17, 15) is 9.90 Å².